The van der Waals surface area contributed by atoms with Gasteiger partial charge in [-0.25, -0.2) is 19.6 Å². The highest BCUT2D eigenvalue weighted by atomic mass is 35.5. The van der Waals surface area contributed by atoms with E-state index in [-0.39, 0.29) is 0 Å². The van der Waals surface area contributed by atoms with Crippen LogP contribution in [0.2, 0.25) is 5.02 Å². The standard InChI is InChI=1S/C23H23ClN4.C4H4O4/c1-27(2)14-7-15-28-21-16-18(24)11-12-19(21)22(17-8-4-3-5-9-17)26-20-10-6-13-25-23(20)28;5-3(6)1-2-4(7)8/h3-6,8-13,16H,7,14-15H2,1-2H3;1-2H,(H,5,6)(H,7,8)/b;2-1+. The Bertz CT molecular complexity index is 1260. The third kappa shape index (κ3) is 7.24. The molecule has 0 atom stereocenters. The molecule has 2 aromatic carbocycles. The van der Waals surface area contributed by atoms with E-state index in [2.05, 4.69) is 47.1 Å². The van der Waals surface area contributed by atoms with Crippen molar-refractivity contribution >= 4 is 46.4 Å². The first-order valence-corrected chi connectivity index (χ1v) is 11.6. The average Bonchev–Trinajstić information content (AvgIpc) is 2.98. The van der Waals surface area contributed by atoms with Gasteiger partial charge in [-0.05, 0) is 57.4 Å². The summed E-state index contributed by atoms with van der Waals surface area (Å²) in [6.45, 7) is 1.84. The molecule has 0 unspecified atom stereocenters. The van der Waals surface area contributed by atoms with Crippen LogP contribution in [0.5, 0.6) is 0 Å². The van der Waals surface area contributed by atoms with Gasteiger partial charge in [0.1, 0.15) is 5.69 Å². The Labute approximate surface area is 214 Å². The minimum absolute atomic E-state index is 0.558. The monoisotopic (exact) mass is 506 g/mol. The van der Waals surface area contributed by atoms with Crippen molar-refractivity contribution in [1.82, 2.24) is 9.88 Å². The zero-order valence-corrected chi connectivity index (χ0v) is 20.8. The van der Waals surface area contributed by atoms with Crippen LogP contribution in [-0.4, -0.2) is 64.9 Å². The molecule has 4 rings (SSSR count). The minimum Gasteiger partial charge on any atom is -0.478 e. The summed E-state index contributed by atoms with van der Waals surface area (Å²) in [6, 6.07) is 20.3. The minimum atomic E-state index is -1.26. The molecule has 9 heteroatoms. The Morgan fingerprint density at radius 2 is 1.69 bits per heavy atom. The lowest BCUT2D eigenvalue weighted by Gasteiger charge is -2.26. The number of hydrogen-bond acceptors (Lipinski definition) is 6. The Balaban J connectivity index is 0.000000392. The van der Waals surface area contributed by atoms with Gasteiger partial charge in [0.25, 0.3) is 0 Å². The Morgan fingerprint density at radius 3 is 2.33 bits per heavy atom. The highest BCUT2D eigenvalue weighted by Crippen LogP contribution is 2.40. The van der Waals surface area contributed by atoms with Gasteiger partial charge in [0, 0.05) is 41.0 Å². The van der Waals surface area contributed by atoms with E-state index in [1.54, 1.807) is 0 Å². The summed E-state index contributed by atoms with van der Waals surface area (Å²) < 4.78 is 0. The van der Waals surface area contributed by atoms with Gasteiger partial charge in [0.15, 0.2) is 5.82 Å². The number of benzene rings is 2. The van der Waals surface area contributed by atoms with Gasteiger partial charge in [0.05, 0.1) is 11.4 Å². The number of anilines is 2. The van der Waals surface area contributed by atoms with Gasteiger partial charge in [0.2, 0.25) is 0 Å². The molecule has 0 saturated heterocycles. The molecule has 1 aliphatic heterocycles. The van der Waals surface area contributed by atoms with Crippen LogP contribution in [0.4, 0.5) is 17.2 Å². The molecule has 0 saturated carbocycles. The number of aliphatic imine (C=N–C) groups is 1. The maximum atomic E-state index is 9.55. The number of aromatic nitrogens is 1. The summed E-state index contributed by atoms with van der Waals surface area (Å²) >= 11 is 6.41. The van der Waals surface area contributed by atoms with Crippen LogP contribution in [-0.2, 0) is 9.59 Å². The fraction of sp³-hybridized carbons (Fsp3) is 0.185. The molecule has 0 radical (unpaired) electrons. The van der Waals surface area contributed by atoms with E-state index in [9.17, 15) is 9.59 Å². The van der Waals surface area contributed by atoms with Crippen LogP contribution < -0.4 is 4.90 Å². The molecule has 0 aliphatic carbocycles. The van der Waals surface area contributed by atoms with E-state index in [4.69, 9.17) is 26.8 Å². The van der Waals surface area contributed by atoms with Gasteiger partial charge >= 0.3 is 11.9 Å². The summed E-state index contributed by atoms with van der Waals surface area (Å²) in [5.41, 5.74) is 5.01. The van der Waals surface area contributed by atoms with Crippen molar-refractivity contribution < 1.29 is 19.8 Å². The van der Waals surface area contributed by atoms with Gasteiger partial charge in [-0.2, -0.15) is 0 Å². The fourth-order valence-corrected chi connectivity index (χ4v) is 3.80. The van der Waals surface area contributed by atoms with Gasteiger partial charge in [-0.3, -0.25) is 0 Å². The number of carboxylic acid groups (broad SMARTS) is 2. The zero-order chi connectivity index (χ0) is 26.1. The Hall–Kier alpha value is -4.01. The van der Waals surface area contributed by atoms with Crippen LogP contribution in [0.1, 0.15) is 17.5 Å². The van der Waals surface area contributed by atoms with Crippen molar-refractivity contribution in [2.45, 2.75) is 6.42 Å². The van der Waals surface area contributed by atoms with Crippen LogP contribution in [0, 0.1) is 0 Å². The first kappa shape index (κ1) is 26.6. The first-order valence-electron chi connectivity index (χ1n) is 11.2. The van der Waals surface area contributed by atoms with Crippen molar-refractivity contribution in [2.24, 2.45) is 4.99 Å². The molecular formula is C27H27ClN4O4. The number of hydrogen-bond donors (Lipinski definition) is 2. The second kappa shape index (κ2) is 12.6. The summed E-state index contributed by atoms with van der Waals surface area (Å²) in [4.78, 5) is 33.3. The van der Waals surface area contributed by atoms with Gasteiger partial charge < -0.3 is 20.0 Å². The molecular weight excluding hydrogens is 480 g/mol. The quantitative estimate of drug-likeness (QED) is 0.433. The molecule has 0 fully saturated rings. The van der Waals surface area contributed by atoms with Gasteiger partial charge in [-0.15, -0.1) is 0 Å². The number of carbonyl (C=O) groups is 2. The Kier molecular flexibility index (Phi) is 9.32. The zero-order valence-electron chi connectivity index (χ0n) is 20.0. The highest BCUT2D eigenvalue weighted by Gasteiger charge is 2.25. The number of aliphatic carboxylic acids is 2. The highest BCUT2D eigenvalue weighted by molar-refractivity contribution is 6.31. The van der Waals surface area contributed by atoms with E-state index < -0.39 is 11.9 Å². The average molecular weight is 507 g/mol. The maximum absolute atomic E-state index is 9.55. The van der Waals surface area contributed by atoms with E-state index in [1.165, 1.54) is 0 Å². The number of pyridine rings is 1. The molecule has 8 nitrogen and oxygen atoms in total. The van der Waals surface area contributed by atoms with E-state index in [1.807, 2.05) is 48.7 Å². The summed E-state index contributed by atoms with van der Waals surface area (Å²) in [6.07, 6.45) is 3.95. The molecule has 0 amide bonds. The molecule has 36 heavy (non-hydrogen) atoms. The predicted molar refractivity (Wildman–Crippen MR) is 142 cm³/mol. The van der Waals surface area contributed by atoms with E-state index in [0.29, 0.717) is 17.2 Å². The van der Waals surface area contributed by atoms with Gasteiger partial charge in [-0.1, -0.05) is 41.9 Å². The van der Waals surface area contributed by atoms with Crippen molar-refractivity contribution in [3.8, 4) is 0 Å². The molecule has 0 bridgehead atoms. The number of nitrogens with zero attached hydrogens (tertiary/aromatic N) is 4. The number of rotatable bonds is 7. The number of fused-ring (bicyclic) bond motifs is 2. The second-order valence-corrected chi connectivity index (χ2v) is 8.59. The third-order valence-corrected chi connectivity index (χ3v) is 5.40. The number of carboxylic acids is 2. The number of halogens is 1. The normalized spacial score (nSPS) is 12.2. The summed E-state index contributed by atoms with van der Waals surface area (Å²) in [7, 11) is 4.19. The largest absolute Gasteiger partial charge is 0.478 e. The molecule has 186 valence electrons. The third-order valence-electron chi connectivity index (χ3n) is 5.16. The van der Waals surface area contributed by atoms with E-state index >= 15 is 0 Å². The SMILES string of the molecule is CN(C)CCCN1c2cc(Cl)ccc2C(c2ccccc2)=Nc2cccnc21.O=C(O)/C=C/C(=O)O. The Morgan fingerprint density at radius 1 is 1.00 bits per heavy atom. The van der Waals surface area contributed by atoms with Crippen LogP contribution in [0.3, 0.4) is 0 Å². The molecule has 2 N–H and O–H groups in total. The van der Waals surface area contributed by atoms with Crippen LogP contribution in [0.15, 0.2) is 84.0 Å². The second-order valence-electron chi connectivity index (χ2n) is 8.15. The van der Waals surface area contributed by atoms with Crippen LogP contribution in [0.25, 0.3) is 0 Å². The molecule has 1 aliphatic rings. The van der Waals surface area contributed by atoms with Crippen molar-refractivity contribution in [3.63, 3.8) is 0 Å². The van der Waals surface area contributed by atoms with Crippen molar-refractivity contribution in [1.29, 1.82) is 0 Å². The van der Waals surface area contributed by atoms with Crippen molar-refractivity contribution in [2.75, 3.05) is 32.1 Å². The van der Waals surface area contributed by atoms with E-state index in [0.717, 1.165) is 53.5 Å². The lowest BCUT2D eigenvalue weighted by Crippen LogP contribution is -2.24. The van der Waals surface area contributed by atoms with Crippen molar-refractivity contribution in [3.05, 3.63) is 95.2 Å². The fourth-order valence-electron chi connectivity index (χ4n) is 3.64. The molecule has 0 spiro atoms. The first-order chi connectivity index (χ1) is 17.3. The molecule has 3 aromatic rings. The lowest BCUT2D eigenvalue weighted by molar-refractivity contribution is -0.134. The molecule has 2 heterocycles. The molecule has 1 aromatic heterocycles. The smallest absolute Gasteiger partial charge is 0.328 e. The maximum Gasteiger partial charge on any atom is 0.328 e. The summed E-state index contributed by atoms with van der Waals surface area (Å²) in [5, 5.41) is 16.3. The van der Waals surface area contributed by atoms with Crippen LogP contribution >= 0.6 is 11.6 Å². The topological polar surface area (TPSA) is 106 Å². The lowest BCUT2D eigenvalue weighted by atomic mass is 10.00. The summed E-state index contributed by atoms with van der Waals surface area (Å²) in [5.74, 6) is -1.64. The predicted octanol–water partition coefficient (Wildman–Crippen LogP) is 5.02.